The minimum absolute atomic E-state index is 0.226. The zero-order chi connectivity index (χ0) is 16.8. The molecular weight excluding hydrogens is 299 g/mol. The maximum atomic E-state index is 13.1. The Hall–Kier alpha value is -3.07. The third kappa shape index (κ3) is 4.20. The summed E-state index contributed by atoms with van der Waals surface area (Å²) in [6.45, 7) is 1.59. The van der Waals surface area contributed by atoms with Crippen LogP contribution in [0.1, 0.15) is 12.5 Å². The molecule has 2 aromatic rings. The predicted octanol–water partition coefficient (Wildman–Crippen LogP) is 3.11. The zero-order valence-electron chi connectivity index (χ0n) is 12.7. The van der Waals surface area contributed by atoms with E-state index < -0.39 is 17.8 Å². The molecule has 0 aliphatic heterocycles. The second-order valence-corrected chi connectivity index (χ2v) is 4.73. The van der Waals surface area contributed by atoms with Gasteiger partial charge in [0.1, 0.15) is 17.3 Å². The summed E-state index contributed by atoms with van der Waals surface area (Å²) in [7, 11) is 1.39. The molecule has 6 heteroatoms. The van der Waals surface area contributed by atoms with Crippen molar-refractivity contribution in [2.75, 3.05) is 12.4 Å². The van der Waals surface area contributed by atoms with Gasteiger partial charge in [0.15, 0.2) is 6.10 Å². The lowest BCUT2D eigenvalue weighted by molar-refractivity contribution is -0.122. The number of halogens is 1. The molecule has 0 radical (unpaired) electrons. The number of ether oxygens (including phenoxy) is 2. The highest BCUT2D eigenvalue weighted by Crippen LogP contribution is 2.25. The van der Waals surface area contributed by atoms with Crippen molar-refractivity contribution >= 4 is 11.6 Å². The van der Waals surface area contributed by atoms with Crippen LogP contribution in [0.5, 0.6) is 11.5 Å². The number of amides is 1. The molecule has 0 aliphatic rings. The Labute approximate surface area is 133 Å². The lowest BCUT2D eigenvalue weighted by Crippen LogP contribution is -2.30. The first-order valence-corrected chi connectivity index (χ1v) is 6.84. The van der Waals surface area contributed by atoms with Gasteiger partial charge in [0, 0.05) is 6.07 Å². The van der Waals surface area contributed by atoms with Gasteiger partial charge >= 0.3 is 0 Å². The Balaban J connectivity index is 2.03. The van der Waals surface area contributed by atoms with Crippen molar-refractivity contribution < 1.29 is 18.7 Å². The van der Waals surface area contributed by atoms with Crippen molar-refractivity contribution in [3.05, 3.63) is 53.8 Å². The predicted molar refractivity (Wildman–Crippen MR) is 82.8 cm³/mol. The largest absolute Gasteiger partial charge is 0.494 e. The Morgan fingerprint density at radius 1 is 1.26 bits per heavy atom. The summed E-state index contributed by atoms with van der Waals surface area (Å²) in [6, 6.07) is 12.3. The summed E-state index contributed by atoms with van der Waals surface area (Å²) in [4.78, 5) is 12.2. The average molecular weight is 314 g/mol. The molecule has 0 saturated heterocycles. The summed E-state index contributed by atoms with van der Waals surface area (Å²) < 4.78 is 23.7. The standard InChI is InChI=1S/C17H15FN2O3/c1-11(23-14-6-3-12(10-19)4-7-14)17(21)20-15-8-5-13(18)9-16(15)22-2/h3-9,11H,1-2H3,(H,20,21). The number of hydrogen-bond acceptors (Lipinski definition) is 4. The first-order valence-electron chi connectivity index (χ1n) is 6.84. The average Bonchev–Trinajstić information content (AvgIpc) is 2.57. The van der Waals surface area contributed by atoms with Crippen LogP contribution in [0, 0.1) is 17.1 Å². The van der Waals surface area contributed by atoms with Crippen LogP contribution in [0.3, 0.4) is 0 Å². The number of nitrogens with zero attached hydrogens (tertiary/aromatic N) is 1. The molecule has 5 nitrogen and oxygen atoms in total. The van der Waals surface area contributed by atoms with Gasteiger partial charge in [-0.2, -0.15) is 5.26 Å². The first kappa shape index (κ1) is 16.3. The van der Waals surface area contributed by atoms with Crippen molar-refractivity contribution in [2.24, 2.45) is 0 Å². The van der Waals surface area contributed by atoms with E-state index in [1.165, 1.54) is 25.3 Å². The summed E-state index contributed by atoms with van der Waals surface area (Å²) >= 11 is 0. The summed E-state index contributed by atoms with van der Waals surface area (Å²) in [5, 5.41) is 11.4. The van der Waals surface area contributed by atoms with E-state index in [0.29, 0.717) is 17.0 Å². The fourth-order valence-electron chi connectivity index (χ4n) is 1.87. The second kappa shape index (κ2) is 7.27. The Morgan fingerprint density at radius 2 is 1.96 bits per heavy atom. The van der Waals surface area contributed by atoms with Crippen molar-refractivity contribution in [2.45, 2.75) is 13.0 Å². The van der Waals surface area contributed by atoms with E-state index in [4.69, 9.17) is 14.7 Å². The minimum atomic E-state index is -0.780. The van der Waals surface area contributed by atoms with E-state index >= 15 is 0 Å². The molecular formula is C17H15FN2O3. The molecule has 1 N–H and O–H groups in total. The molecule has 0 aromatic heterocycles. The molecule has 1 atom stereocenters. The quantitative estimate of drug-likeness (QED) is 0.920. The van der Waals surface area contributed by atoms with Gasteiger partial charge in [-0.1, -0.05) is 0 Å². The van der Waals surface area contributed by atoms with E-state index in [-0.39, 0.29) is 5.75 Å². The van der Waals surface area contributed by atoms with Crippen LogP contribution in [0.2, 0.25) is 0 Å². The molecule has 0 saturated carbocycles. The van der Waals surface area contributed by atoms with Crippen LogP contribution in [-0.2, 0) is 4.79 Å². The summed E-state index contributed by atoms with van der Waals surface area (Å²) in [6.07, 6.45) is -0.780. The van der Waals surface area contributed by atoms with Gasteiger partial charge in [0.25, 0.3) is 5.91 Å². The number of nitrogens with one attached hydrogen (secondary N) is 1. The molecule has 1 unspecified atom stereocenters. The van der Waals surface area contributed by atoms with Gasteiger partial charge in [0.2, 0.25) is 0 Å². The van der Waals surface area contributed by atoms with E-state index in [0.717, 1.165) is 0 Å². The van der Waals surface area contributed by atoms with Crippen LogP contribution >= 0.6 is 0 Å². The van der Waals surface area contributed by atoms with Gasteiger partial charge in [-0.05, 0) is 43.3 Å². The van der Waals surface area contributed by atoms with Crippen LogP contribution in [-0.4, -0.2) is 19.1 Å². The van der Waals surface area contributed by atoms with E-state index in [1.807, 2.05) is 6.07 Å². The number of carbonyl (C=O) groups excluding carboxylic acids is 1. The van der Waals surface area contributed by atoms with Crippen molar-refractivity contribution in [3.63, 3.8) is 0 Å². The Morgan fingerprint density at radius 3 is 2.57 bits per heavy atom. The van der Waals surface area contributed by atoms with Crippen molar-refractivity contribution in [1.29, 1.82) is 5.26 Å². The molecule has 23 heavy (non-hydrogen) atoms. The highest BCUT2D eigenvalue weighted by Gasteiger charge is 2.17. The maximum absolute atomic E-state index is 13.1. The third-order valence-electron chi connectivity index (χ3n) is 3.09. The number of rotatable bonds is 5. The lowest BCUT2D eigenvalue weighted by Gasteiger charge is -2.16. The Kier molecular flexibility index (Phi) is 5.15. The van der Waals surface area contributed by atoms with Gasteiger partial charge in [-0.25, -0.2) is 4.39 Å². The topological polar surface area (TPSA) is 71.3 Å². The van der Waals surface area contributed by atoms with Gasteiger partial charge in [-0.3, -0.25) is 4.79 Å². The molecule has 0 bridgehead atoms. The number of hydrogen-bond donors (Lipinski definition) is 1. The first-order chi connectivity index (χ1) is 11.0. The van der Waals surface area contributed by atoms with E-state index in [2.05, 4.69) is 5.32 Å². The second-order valence-electron chi connectivity index (χ2n) is 4.73. The number of nitriles is 1. The number of carbonyl (C=O) groups is 1. The van der Waals surface area contributed by atoms with E-state index in [1.54, 1.807) is 31.2 Å². The van der Waals surface area contributed by atoms with Crippen LogP contribution in [0.4, 0.5) is 10.1 Å². The molecule has 118 valence electrons. The molecule has 0 heterocycles. The molecule has 0 fully saturated rings. The fraction of sp³-hybridized carbons (Fsp3) is 0.176. The lowest BCUT2D eigenvalue weighted by atomic mass is 10.2. The number of anilines is 1. The molecule has 2 rings (SSSR count). The monoisotopic (exact) mass is 314 g/mol. The molecule has 2 aromatic carbocycles. The van der Waals surface area contributed by atoms with Gasteiger partial charge in [-0.15, -0.1) is 0 Å². The number of methoxy groups -OCH3 is 1. The Bertz CT molecular complexity index is 738. The molecule has 0 aliphatic carbocycles. The van der Waals surface area contributed by atoms with Gasteiger partial charge in [0.05, 0.1) is 24.4 Å². The zero-order valence-corrected chi connectivity index (χ0v) is 12.7. The SMILES string of the molecule is COc1cc(F)ccc1NC(=O)C(C)Oc1ccc(C#N)cc1. The van der Waals surface area contributed by atoms with Crippen LogP contribution < -0.4 is 14.8 Å². The summed E-state index contributed by atoms with van der Waals surface area (Å²) in [5.41, 5.74) is 0.861. The third-order valence-corrected chi connectivity index (χ3v) is 3.09. The molecule has 1 amide bonds. The minimum Gasteiger partial charge on any atom is -0.494 e. The molecule has 0 spiro atoms. The van der Waals surface area contributed by atoms with Crippen LogP contribution in [0.25, 0.3) is 0 Å². The number of benzene rings is 2. The fourth-order valence-corrected chi connectivity index (χ4v) is 1.87. The normalized spacial score (nSPS) is 11.2. The van der Waals surface area contributed by atoms with Crippen molar-refractivity contribution in [3.8, 4) is 17.6 Å². The van der Waals surface area contributed by atoms with Crippen molar-refractivity contribution in [1.82, 2.24) is 0 Å². The van der Waals surface area contributed by atoms with E-state index in [9.17, 15) is 9.18 Å². The maximum Gasteiger partial charge on any atom is 0.265 e. The highest BCUT2D eigenvalue weighted by molar-refractivity contribution is 5.95. The van der Waals surface area contributed by atoms with Crippen LogP contribution in [0.15, 0.2) is 42.5 Å². The smallest absolute Gasteiger partial charge is 0.265 e. The summed E-state index contributed by atoms with van der Waals surface area (Å²) in [5.74, 6) is -0.164. The van der Waals surface area contributed by atoms with Gasteiger partial charge < -0.3 is 14.8 Å². The highest BCUT2D eigenvalue weighted by atomic mass is 19.1.